The number of rotatable bonds is 9. The van der Waals surface area contributed by atoms with Gasteiger partial charge in [-0.05, 0) is 32.3 Å². The van der Waals surface area contributed by atoms with Gasteiger partial charge in [-0.1, -0.05) is 53.5 Å². The minimum atomic E-state index is -1.21. The molecule has 158 valence electrons. The summed E-state index contributed by atoms with van der Waals surface area (Å²) < 4.78 is 21.9. The molecule has 0 aliphatic carbocycles. The molecule has 2 aliphatic rings. The summed E-state index contributed by atoms with van der Waals surface area (Å²) in [5.41, 5.74) is 1.07. The fraction of sp³-hybridized carbons (Fsp3) is 0.700. The molecule has 0 saturated carbocycles. The lowest BCUT2D eigenvalue weighted by atomic mass is 10.00. The van der Waals surface area contributed by atoms with Crippen molar-refractivity contribution in [3.63, 3.8) is 0 Å². The summed E-state index contributed by atoms with van der Waals surface area (Å²) in [6.45, 7) is 4.38. The molecule has 3 rings (SSSR count). The highest BCUT2D eigenvalue weighted by Crippen LogP contribution is 2.44. The van der Waals surface area contributed by atoms with Crippen LogP contribution in [0, 0.1) is 0 Å². The monoisotopic (exact) mass is 452 g/mol. The molecule has 0 bridgehead atoms. The van der Waals surface area contributed by atoms with Crippen LogP contribution in [0.1, 0.15) is 32.3 Å². The van der Waals surface area contributed by atoms with Gasteiger partial charge in [-0.3, -0.25) is 0 Å². The predicted molar refractivity (Wildman–Crippen MR) is 109 cm³/mol. The summed E-state index contributed by atoms with van der Waals surface area (Å²) in [6.07, 6.45) is -0.149. The first-order chi connectivity index (χ1) is 13.2. The van der Waals surface area contributed by atoms with Crippen LogP contribution in [-0.2, 0) is 25.6 Å². The van der Waals surface area contributed by atoms with Crippen molar-refractivity contribution in [2.75, 3.05) is 13.2 Å². The van der Waals surface area contributed by atoms with Gasteiger partial charge in [0.25, 0.3) is 0 Å². The Balaban J connectivity index is 1.57. The fourth-order valence-corrected chi connectivity index (χ4v) is 4.50. The minimum Gasteiger partial charge on any atom is -0.394 e. The summed E-state index contributed by atoms with van der Waals surface area (Å²) in [5, 5.41) is 8.52. The molecular weight excluding hydrogens is 427 g/mol. The van der Waals surface area contributed by atoms with Crippen molar-refractivity contribution in [2.45, 2.75) is 73.2 Å². The second-order valence-corrected chi connectivity index (χ2v) is 9.78. The molecule has 2 fully saturated rings. The molecule has 8 heteroatoms. The SMILES string of the molecule is CC1(C)O[C@@H](COCc2ccccc2)[C@H](Cl)[C@H](C(Cl)(Cl)CC[C@@H]2O[C@@H]2CO)O1. The highest BCUT2D eigenvalue weighted by molar-refractivity contribution is 6.49. The second kappa shape index (κ2) is 9.36. The third-order valence-corrected chi connectivity index (χ3v) is 6.25. The summed E-state index contributed by atoms with van der Waals surface area (Å²) in [4.78, 5) is 0. The van der Waals surface area contributed by atoms with Crippen molar-refractivity contribution < 1.29 is 24.1 Å². The van der Waals surface area contributed by atoms with Gasteiger partial charge >= 0.3 is 0 Å². The molecule has 0 spiro atoms. The Kier molecular flexibility index (Phi) is 7.54. The number of ether oxygens (including phenoxy) is 4. The molecule has 1 aromatic carbocycles. The largest absolute Gasteiger partial charge is 0.394 e. The maximum absolute atomic E-state index is 9.10. The first-order valence-electron chi connectivity index (χ1n) is 9.47. The molecule has 1 N–H and O–H groups in total. The van der Waals surface area contributed by atoms with E-state index in [1.54, 1.807) is 0 Å². The number of aliphatic hydroxyl groups is 1. The van der Waals surface area contributed by atoms with E-state index >= 15 is 0 Å². The zero-order chi connectivity index (χ0) is 20.4. The lowest BCUT2D eigenvalue weighted by molar-refractivity contribution is -0.305. The quantitative estimate of drug-likeness (QED) is 0.451. The van der Waals surface area contributed by atoms with Crippen LogP contribution in [0.4, 0.5) is 0 Å². The summed E-state index contributed by atoms with van der Waals surface area (Å²) in [7, 11) is 0. The third kappa shape index (κ3) is 5.96. The van der Waals surface area contributed by atoms with E-state index in [1.165, 1.54) is 0 Å². The second-order valence-electron chi connectivity index (χ2n) is 7.74. The average molecular weight is 454 g/mol. The maximum atomic E-state index is 9.10. The van der Waals surface area contributed by atoms with E-state index in [2.05, 4.69) is 0 Å². The van der Waals surface area contributed by atoms with Gasteiger partial charge in [0, 0.05) is 0 Å². The predicted octanol–water partition coefficient (Wildman–Crippen LogP) is 4.04. The van der Waals surface area contributed by atoms with Crippen LogP contribution in [0.5, 0.6) is 0 Å². The van der Waals surface area contributed by atoms with E-state index in [0.29, 0.717) is 26.1 Å². The Morgan fingerprint density at radius 1 is 1.11 bits per heavy atom. The van der Waals surface area contributed by atoms with Gasteiger partial charge in [0.15, 0.2) is 5.79 Å². The smallest absolute Gasteiger partial charge is 0.163 e. The van der Waals surface area contributed by atoms with Gasteiger partial charge in [0.05, 0.1) is 31.3 Å². The maximum Gasteiger partial charge on any atom is 0.163 e. The highest BCUT2D eigenvalue weighted by Gasteiger charge is 2.52. The molecule has 0 amide bonds. The van der Waals surface area contributed by atoms with Gasteiger partial charge < -0.3 is 24.1 Å². The van der Waals surface area contributed by atoms with E-state index in [4.69, 9.17) is 58.9 Å². The van der Waals surface area contributed by atoms with Crippen molar-refractivity contribution in [3.05, 3.63) is 35.9 Å². The van der Waals surface area contributed by atoms with Crippen molar-refractivity contribution in [1.82, 2.24) is 0 Å². The van der Waals surface area contributed by atoms with Crippen LogP contribution in [0.2, 0.25) is 0 Å². The van der Waals surface area contributed by atoms with Crippen LogP contribution >= 0.6 is 34.8 Å². The Morgan fingerprint density at radius 3 is 2.46 bits per heavy atom. The Bertz CT molecular complexity index is 628. The van der Waals surface area contributed by atoms with Gasteiger partial charge in [-0.2, -0.15) is 0 Å². The molecule has 1 aromatic rings. The van der Waals surface area contributed by atoms with E-state index in [9.17, 15) is 0 Å². The molecule has 2 aliphatic heterocycles. The number of aliphatic hydroxyl groups excluding tert-OH is 1. The number of epoxide rings is 1. The topological polar surface area (TPSA) is 60.5 Å². The lowest BCUT2D eigenvalue weighted by Crippen LogP contribution is -2.58. The summed E-state index contributed by atoms with van der Waals surface area (Å²) in [5.74, 6) is -0.893. The van der Waals surface area contributed by atoms with Gasteiger partial charge in [0.1, 0.15) is 22.6 Å². The standard InChI is InChI=1S/C20H27Cl3O5/c1-19(2)27-16(12-25-11-13-6-4-3-5-7-13)17(21)18(28-19)20(22,23)9-8-14-15(10-24)26-14/h3-7,14-18,24H,8-12H2,1-2H3/t14-,15+,16-,17-,18+/m0/s1. The van der Waals surface area contributed by atoms with Crippen LogP contribution < -0.4 is 0 Å². The number of halogens is 3. The van der Waals surface area contributed by atoms with Crippen molar-refractivity contribution in [1.29, 1.82) is 0 Å². The Labute approximate surface area is 181 Å². The Morgan fingerprint density at radius 2 is 1.82 bits per heavy atom. The first-order valence-corrected chi connectivity index (χ1v) is 10.7. The molecular formula is C20H27Cl3O5. The van der Waals surface area contributed by atoms with E-state index in [1.807, 2.05) is 44.2 Å². The Hall–Kier alpha value is -0.110. The minimum absolute atomic E-state index is 0.00198. The highest BCUT2D eigenvalue weighted by atomic mass is 35.5. The van der Waals surface area contributed by atoms with Crippen molar-refractivity contribution >= 4 is 34.8 Å². The van der Waals surface area contributed by atoms with E-state index in [0.717, 1.165) is 5.56 Å². The van der Waals surface area contributed by atoms with Crippen LogP contribution in [-0.4, -0.2) is 58.2 Å². The average Bonchev–Trinajstić information content (AvgIpc) is 3.42. The molecule has 5 atom stereocenters. The van der Waals surface area contributed by atoms with Crippen molar-refractivity contribution in [3.8, 4) is 0 Å². The molecule has 5 nitrogen and oxygen atoms in total. The molecule has 2 heterocycles. The first kappa shape index (κ1) is 22.6. The number of alkyl halides is 3. The molecule has 28 heavy (non-hydrogen) atoms. The van der Waals surface area contributed by atoms with Gasteiger partial charge in [0.2, 0.25) is 0 Å². The zero-order valence-corrected chi connectivity index (χ0v) is 18.3. The van der Waals surface area contributed by atoms with Crippen LogP contribution in [0.25, 0.3) is 0 Å². The number of hydrogen-bond acceptors (Lipinski definition) is 5. The third-order valence-electron chi connectivity index (χ3n) is 4.93. The van der Waals surface area contributed by atoms with E-state index < -0.39 is 27.7 Å². The fourth-order valence-electron chi connectivity index (χ4n) is 3.41. The van der Waals surface area contributed by atoms with Crippen LogP contribution in [0.3, 0.4) is 0 Å². The van der Waals surface area contributed by atoms with Gasteiger partial charge in [-0.15, -0.1) is 11.6 Å². The van der Waals surface area contributed by atoms with E-state index in [-0.39, 0.29) is 18.8 Å². The normalized spacial score (nSPS) is 32.3. The van der Waals surface area contributed by atoms with Crippen molar-refractivity contribution in [2.24, 2.45) is 0 Å². The molecule has 2 saturated heterocycles. The summed E-state index contributed by atoms with van der Waals surface area (Å²) >= 11 is 19.9. The van der Waals surface area contributed by atoms with Crippen LogP contribution in [0.15, 0.2) is 30.3 Å². The molecule has 0 aromatic heterocycles. The lowest BCUT2D eigenvalue weighted by Gasteiger charge is -2.47. The summed E-state index contributed by atoms with van der Waals surface area (Å²) in [6, 6.07) is 9.89. The number of hydrogen-bond donors (Lipinski definition) is 1. The number of benzene rings is 1. The zero-order valence-electron chi connectivity index (χ0n) is 16.0. The molecule has 0 radical (unpaired) electrons. The van der Waals surface area contributed by atoms with Gasteiger partial charge in [-0.25, -0.2) is 0 Å². The molecule has 0 unspecified atom stereocenters.